The lowest BCUT2D eigenvalue weighted by Crippen LogP contribution is -2.10. The standard InChI is InChI=1S/C25H22N6O/c1-2-32-25-26-21-9-5-6-10-23(21)31(25)22-14-12-17-15-16(11-13-19(17)22)18-7-3-4-8-20(18)24-27-29-30-28-24/h3-11,13,15,22H,2,12,14H2,1H3,(H,27,28,29,30). The largest absolute Gasteiger partial charge is 0.465 e. The summed E-state index contributed by atoms with van der Waals surface area (Å²) in [5, 5.41) is 14.6. The summed E-state index contributed by atoms with van der Waals surface area (Å²) in [6, 6.07) is 24.1. The molecule has 0 saturated carbocycles. The SMILES string of the molecule is CCOc1nc2ccccc2n1C1CCc2cc(-c3ccccc3-c3nn[nH]n3)ccc21. The first-order valence-electron chi connectivity index (χ1n) is 10.9. The smallest absolute Gasteiger partial charge is 0.297 e. The average molecular weight is 422 g/mol. The van der Waals surface area contributed by atoms with Crippen LogP contribution in [0, 0.1) is 0 Å². The number of hydrogen-bond acceptors (Lipinski definition) is 5. The molecular weight excluding hydrogens is 400 g/mol. The monoisotopic (exact) mass is 422 g/mol. The first kappa shape index (κ1) is 18.7. The highest BCUT2D eigenvalue weighted by Gasteiger charge is 2.28. The lowest BCUT2D eigenvalue weighted by molar-refractivity contribution is 0.292. The van der Waals surface area contributed by atoms with Crippen molar-refractivity contribution in [2.75, 3.05) is 6.61 Å². The summed E-state index contributed by atoms with van der Waals surface area (Å²) in [6.07, 6.45) is 2.03. The fourth-order valence-electron chi connectivity index (χ4n) is 4.79. The molecule has 0 bridgehead atoms. The van der Waals surface area contributed by atoms with Crippen molar-refractivity contribution < 1.29 is 4.74 Å². The van der Waals surface area contributed by atoms with Crippen LogP contribution in [-0.4, -0.2) is 36.8 Å². The van der Waals surface area contributed by atoms with Gasteiger partial charge in [0.1, 0.15) is 0 Å². The van der Waals surface area contributed by atoms with Gasteiger partial charge in [-0.15, -0.1) is 10.2 Å². The molecule has 32 heavy (non-hydrogen) atoms. The number of imidazole rings is 1. The number of ether oxygens (including phenoxy) is 1. The Morgan fingerprint density at radius 3 is 2.72 bits per heavy atom. The number of fused-ring (bicyclic) bond motifs is 2. The molecule has 6 rings (SSSR count). The van der Waals surface area contributed by atoms with Crippen LogP contribution in [0.25, 0.3) is 33.5 Å². The number of nitrogens with one attached hydrogen (secondary N) is 1. The van der Waals surface area contributed by atoms with Gasteiger partial charge in [0.05, 0.1) is 23.7 Å². The van der Waals surface area contributed by atoms with Gasteiger partial charge in [-0.25, -0.2) is 0 Å². The summed E-state index contributed by atoms with van der Waals surface area (Å²) in [7, 11) is 0. The number of rotatable bonds is 5. The summed E-state index contributed by atoms with van der Waals surface area (Å²) < 4.78 is 8.19. The number of para-hydroxylation sites is 2. The number of tetrazole rings is 1. The molecule has 0 fully saturated rings. The zero-order valence-corrected chi connectivity index (χ0v) is 17.7. The van der Waals surface area contributed by atoms with Crippen LogP contribution in [0.4, 0.5) is 0 Å². The highest BCUT2D eigenvalue weighted by atomic mass is 16.5. The minimum atomic E-state index is 0.209. The number of aromatic nitrogens is 6. The van der Waals surface area contributed by atoms with Crippen LogP contribution in [-0.2, 0) is 6.42 Å². The van der Waals surface area contributed by atoms with Crippen molar-refractivity contribution in [2.45, 2.75) is 25.8 Å². The third-order valence-electron chi connectivity index (χ3n) is 6.16. The van der Waals surface area contributed by atoms with E-state index in [1.807, 2.05) is 37.3 Å². The predicted molar refractivity (Wildman–Crippen MR) is 122 cm³/mol. The minimum absolute atomic E-state index is 0.209. The predicted octanol–water partition coefficient (Wildman–Crippen LogP) is 4.82. The Kier molecular flexibility index (Phi) is 4.45. The Morgan fingerprint density at radius 1 is 1.03 bits per heavy atom. The van der Waals surface area contributed by atoms with E-state index in [1.165, 1.54) is 11.1 Å². The van der Waals surface area contributed by atoms with Crippen molar-refractivity contribution >= 4 is 11.0 Å². The molecule has 1 aliphatic rings. The van der Waals surface area contributed by atoms with Crippen molar-refractivity contribution in [2.24, 2.45) is 0 Å². The molecule has 3 aromatic carbocycles. The van der Waals surface area contributed by atoms with Crippen LogP contribution in [0.3, 0.4) is 0 Å². The van der Waals surface area contributed by atoms with Gasteiger partial charge in [-0.1, -0.05) is 54.6 Å². The Balaban J connectivity index is 1.44. The van der Waals surface area contributed by atoms with Crippen LogP contribution in [0.1, 0.15) is 30.5 Å². The van der Waals surface area contributed by atoms with E-state index in [4.69, 9.17) is 9.72 Å². The van der Waals surface area contributed by atoms with Gasteiger partial charge in [-0.3, -0.25) is 4.57 Å². The molecule has 0 amide bonds. The van der Waals surface area contributed by atoms with Crippen LogP contribution in [0.2, 0.25) is 0 Å². The second-order valence-electron chi connectivity index (χ2n) is 7.94. The number of aromatic amines is 1. The number of H-pyrrole nitrogens is 1. The first-order chi connectivity index (χ1) is 15.8. The maximum atomic E-state index is 5.93. The zero-order valence-electron chi connectivity index (χ0n) is 17.7. The zero-order chi connectivity index (χ0) is 21.5. The van der Waals surface area contributed by atoms with Crippen molar-refractivity contribution in [1.82, 2.24) is 30.2 Å². The molecule has 158 valence electrons. The Bertz CT molecular complexity index is 1410. The lowest BCUT2D eigenvalue weighted by Gasteiger charge is -2.18. The molecule has 7 nitrogen and oxygen atoms in total. The van der Waals surface area contributed by atoms with Gasteiger partial charge in [-0.05, 0) is 59.4 Å². The number of nitrogens with zero attached hydrogens (tertiary/aromatic N) is 5. The first-order valence-corrected chi connectivity index (χ1v) is 10.9. The molecule has 0 spiro atoms. The normalized spacial score (nSPS) is 15.2. The van der Waals surface area contributed by atoms with E-state index < -0.39 is 0 Å². The van der Waals surface area contributed by atoms with E-state index >= 15 is 0 Å². The molecule has 1 aliphatic carbocycles. The van der Waals surface area contributed by atoms with Crippen molar-refractivity contribution in [3.8, 4) is 28.5 Å². The maximum Gasteiger partial charge on any atom is 0.297 e. The minimum Gasteiger partial charge on any atom is -0.465 e. The second-order valence-corrected chi connectivity index (χ2v) is 7.94. The number of benzene rings is 3. The van der Waals surface area contributed by atoms with E-state index in [9.17, 15) is 0 Å². The molecule has 1 N–H and O–H groups in total. The van der Waals surface area contributed by atoms with Crippen molar-refractivity contribution in [3.05, 3.63) is 77.9 Å². The molecule has 2 heterocycles. The Morgan fingerprint density at radius 2 is 1.88 bits per heavy atom. The van der Waals surface area contributed by atoms with Crippen LogP contribution in [0.15, 0.2) is 66.7 Å². The highest BCUT2D eigenvalue weighted by molar-refractivity contribution is 5.81. The summed E-state index contributed by atoms with van der Waals surface area (Å²) in [5.41, 5.74) is 7.99. The molecule has 5 aromatic rings. The van der Waals surface area contributed by atoms with Gasteiger partial charge >= 0.3 is 0 Å². The quantitative estimate of drug-likeness (QED) is 0.439. The van der Waals surface area contributed by atoms with Crippen LogP contribution < -0.4 is 4.74 Å². The van der Waals surface area contributed by atoms with Crippen molar-refractivity contribution in [1.29, 1.82) is 0 Å². The average Bonchev–Trinajstić information content (AvgIpc) is 3.57. The lowest BCUT2D eigenvalue weighted by atomic mass is 9.96. The number of aryl methyl sites for hydroxylation is 1. The van der Waals surface area contributed by atoms with Gasteiger partial charge in [-0.2, -0.15) is 10.2 Å². The van der Waals surface area contributed by atoms with E-state index in [1.54, 1.807) is 0 Å². The van der Waals surface area contributed by atoms with Gasteiger partial charge in [0.25, 0.3) is 6.01 Å². The van der Waals surface area contributed by atoms with Gasteiger partial charge in [0.15, 0.2) is 0 Å². The van der Waals surface area contributed by atoms with Gasteiger partial charge < -0.3 is 4.74 Å². The van der Waals surface area contributed by atoms with Gasteiger partial charge in [0, 0.05) is 5.56 Å². The topological polar surface area (TPSA) is 81.5 Å². The van der Waals surface area contributed by atoms with Crippen LogP contribution in [0.5, 0.6) is 6.01 Å². The third kappa shape index (κ3) is 2.97. The fraction of sp³-hybridized carbons (Fsp3) is 0.200. The summed E-state index contributed by atoms with van der Waals surface area (Å²) in [4.78, 5) is 4.74. The van der Waals surface area contributed by atoms with E-state index in [-0.39, 0.29) is 6.04 Å². The third-order valence-corrected chi connectivity index (χ3v) is 6.16. The molecule has 0 saturated heterocycles. The van der Waals surface area contributed by atoms with E-state index in [0.29, 0.717) is 18.4 Å². The molecule has 1 unspecified atom stereocenters. The fourth-order valence-corrected chi connectivity index (χ4v) is 4.79. The molecule has 1 atom stereocenters. The number of hydrogen-bond donors (Lipinski definition) is 1. The van der Waals surface area contributed by atoms with E-state index in [2.05, 4.69) is 61.6 Å². The summed E-state index contributed by atoms with van der Waals surface area (Å²) >= 11 is 0. The van der Waals surface area contributed by atoms with Gasteiger partial charge in [0.2, 0.25) is 5.82 Å². The highest BCUT2D eigenvalue weighted by Crippen LogP contribution is 2.41. The summed E-state index contributed by atoms with van der Waals surface area (Å²) in [5.74, 6) is 0.602. The molecule has 7 heteroatoms. The second kappa shape index (κ2) is 7.60. The molecular formula is C25H22N6O. The Labute approximate surface area is 185 Å². The molecule has 0 radical (unpaired) electrons. The molecule has 0 aliphatic heterocycles. The van der Waals surface area contributed by atoms with Crippen LogP contribution >= 0.6 is 0 Å². The molecule has 2 aromatic heterocycles. The van der Waals surface area contributed by atoms with E-state index in [0.717, 1.165) is 40.6 Å². The summed E-state index contributed by atoms with van der Waals surface area (Å²) in [6.45, 7) is 2.59. The van der Waals surface area contributed by atoms with Crippen molar-refractivity contribution in [3.63, 3.8) is 0 Å². The Hall–Kier alpha value is -4.00. The maximum absolute atomic E-state index is 5.93.